The Morgan fingerprint density at radius 3 is 1.78 bits per heavy atom. The standard InChI is InChI=1S/C15H16N4O4/c1-6-11(14(22)18-16-6)13(12-7(2)17-19-15(12)23)9-4-3-8(20)5-10(9)21/h3-5,13,20-21H,1-2H3,(H2,16,18,22)(H2,17,19,23). The lowest BCUT2D eigenvalue weighted by molar-refractivity contribution is 0.445. The highest BCUT2D eigenvalue weighted by Crippen LogP contribution is 2.37. The zero-order valence-electron chi connectivity index (χ0n) is 12.5. The van der Waals surface area contributed by atoms with E-state index in [-0.39, 0.29) is 22.6 Å². The quantitative estimate of drug-likeness (QED) is 0.428. The van der Waals surface area contributed by atoms with Crippen LogP contribution in [0.4, 0.5) is 0 Å². The molecule has 2 heterocycles. The number of aromatic amines is 4. The van der Waals surface area contributed by atoms with E-state index in [1.165, 1.54) is 18.2 Å². The van der Waals surface area contributed by atoms with Gasteiger partial charge in [0.05, 0.1) is 17.0 Å². The van der Waals surface area contributed by atoms with Crippen LogP contribution in [0.1, 0.15) is 34.0 Å². The van der Waals surface area contributed by atoms with Gasteiger partial charge in [0.1, 0.15) is 11.5 Å². The van der Waals surface area contributed by atoms with Crippen molar-refractivity contribution in [3.63, 3.8) is 0 Å². The van der Waals surface area contributed by atoms with E-state index in [0.717, 1.165) is 0 Å². The minimum Gasteiger partial charge on any atom is -0.508 e. The number of phenols is 2. The van der Waals surface area contributed by atoms with E-state index in [1.807, 2.05) is 0 Å². The number of hydrogen-bond donors (Lipinski definition) is 6. The van der Waals surface area contributed by atoms with Crippen molar-refractivity contribution in [1.82, 2.24) is 20.4 Å². The fraction of sp³-hybridized carbons (Fsp3) is 0.200. The van der Waals surface area contributed by atoms with Gasteiger partial charge in [0.25, 0.3) is 11.1 Å². The lowest BCUT2D eigenvalue weighted by Gasteiger charge is -2.17. The highest BCUT2D eigenvalue weighted by atomic mass is 16.3. The Balaban J connectivity index is 2.36. The number of aromatic hydroxyl groups is 2. The largest absolute Gasteiger partial charge is 0.508 e. The Hall–Kier alpha value is -3.16. The molecule has 0 aliphatic heterocycles. The molecular formula is C15H16N4O4. The van der Waals surface area contributed by atoms with Crippen LogP contribution in [0, 0.1) is 13.8 Å². The monoisotopic (exact) mass is 316 g/mol. The smallest absolute Gasteiger partial charge is 0.268 e. The number of H-pyrrole nitrogens is 4. The number of aryl methyl sites for hydroxylation is 2. The zero-order valence-corrected chi connectivity index (χ0v) is 12.5. The van der Waals surface area contributed by atoms with Gasteiger partial charge in [0.15, 0.2) is 0 Å². The summed E-state index contributed by atoms with van der Waals surface area (Å²) in [4.78, 5) is 24.4. The lowest BCUT2D eigenvalue weighted by atomic mass is 9.85. The van der Waals surface area contributed by atoms with Crippen LogP contribution in [0.25, 0.3) is 0 Å². The molecule has 2 aromatic heterocycles. The van der Waals surface area contributed by atoms with Gasteiger partial charge in [-0.25, -0.2) is 0 Å². The summed E-state index contributed by atoms with van der Waals surface area (Å²) in [5, 5.41) is 30.1. The molecule has 0 spiro atoms. The summed E-state index contributed by atoms with van der Waals surface area (Å²) in [5.41, 5.74) is 1.39. The first-order valence-corrected chi connectivity index (χ1v) is 6.96. The third kappa shape index (κ3) is 2.33. The normalized spacial score (nSPS) is 11.3. The number of aromatic nitrogens is 4. The fourth-order valence-electron chi connectivity index (χ4n) is 2.84. The molecule has 120 valence electrons. The van der Waals surface area contributed by atoms with Crippen LogP contribution in [0.2, 0.25) is 0 Å². The van der Waals surface area contributed by atoms with Crippen molar-refractivity contribution in [2.75, 3.05) is 0 Å². The first kappa shape index (κ1) is 14.8. The molecule has 0 saturated carbocycles. The third-order valence-corrected chi connectivity index (χ3v) is 3.93. The highest BCUT2D eigenvalue weighted by molar-refractivity contribution is 5.51. The Morgan fingerprint density at radius 1 is 0.870 bits per heavy atom. The SMILES string of the molecule is Cc1[nH][nH]c(=O)c1C(c1ccc(O)cc1O)c1c(C)[nH][nH]c1=O. The van der Waals surface area contributed by atoms with Gasteiger partial charge in [-0.3, -0.25) is 19.8 Å². The van der Waals surface area contributed by atoms with Crippen LogP contribution in [0.15, 0.2) is 27.8 Å². The van der Waals surface area contributed by atoms with E-state index in [1.54, 1.807) is 13.8 Å². The fourth-order valence-corrected chi connectivity index (χ4v) is 2.84. The summed E-state index contributed by atoms with van der Waals surface area (Å²) in [6, 6.07) is 4.07. The van der Waals surface area contributed by atoms with E-state index in [2.05, 4.69) is 20.4 Å². The van der Waals surface area contributed by atoms with Crippen molar-refractivity contribution in [1.29, 1.82) is 0 Å². The van der Waals surface area contributed by atoms with Crippen LogP contribution in [-0.2, 0) is 0 Å². The minimum absolute atomic E-state index is 0.107. The topological polar surface area (TPSA) is 138 Å². The van der Waals surface area contributed by atoms with E-state index in [9.17, 15) is 19.8 Å². The van der Waals surface area contributed by atoms with Crippen molar-refractivity contribution in [2.24, 2.45) is 0 Å². The average Bonchev–Trinajstić information content (AvgIpc) is 2.98. The van der Waals surface area contributed by atoms with E-state index in [0.29, 0.717) is 28.1 Å². The molecule has 0 fully saturated rings. The van der Waals surface area contributed by atoms with Crippen LogP contribution in [0.5, 0.6) is 11.5 Å². The number of rotatable bonds is 3. The Kier molecular flexibility index (Phi) is 3.36. The molecule has 3 aromatic rings. The summed E-state index contributed by atoms with van der Waals surface area (Å²) in [6.45, 7) is 3.40. The van der Waals surface area contributed by atoms with Gasteiger partial charge in [0.2, 0.25) is 0 Å². The summed E-state index contributed by atoms with van der Waals surface area (Å²) in [5.74, 6) is -1.08. The van der Waals surface area contributed by atoms with Crippen LogP contribution >= 0.6 is 0 Å². The zero-order chi connectivity index (χ0) is 16.7. The first-order chi connectivity index (χ1) is 10.9. The molecule has 23 heavy (non-hydrogen) atoms. The molecule has 0 atom stereocenters. The number of benzene rings is 1. The molecule has 0 aliphatic rings. The predicted octanol–water partition coefficient (Wildman–Crippen LogP) is 0.928. The molecule has 0 bridgehead atoms. The van der Waals surface area contributed by atoms with Crippen molar-refractivity contribution < 1.29 is 10.2 Å². The molecule has 0 saturated heterocycles. The highest BCUT2D eigenvalue weighted by Gasteiger charge is 2.29. The molecule has 1 aromatic carbocycles. The maximum atomic E-state index is 12.2. The second kappa shape index (κ2) is 5.24. The van der Waals surface area contributed by atoms with Gasteiger partial charge in [-0.2, -0.15) is 0 Å². The maximum absolute atomic E-state index is 12.2. The first-order valence-electron chi connectivity index (χ1n) is 6.96. The van der Waals surface area contributed by atoms with E-state index >= 15 is 0 Å². The molecule has 8 heteroatoms. The number of nitrogens with one attached hydrogen (secondary N) is 4. The number of phenolic OH excluding ortho intramolecular Hbond substituents is 2. The van der Waals surface area contributed by atoms with Gasteiger partial charge < -0.3 is 20.4 Å². The molecule has 0 radical (unpaired) electrons. The molecule has 3 rings (SSSR count). The van der Waals surface area contributed by atoms with Crippen molar-refractivity contribution in [3.05, 3.63) is 67.0 Å². The van der Waals surface area contributed by atoms with Gasteiger partial charge >= 0.3 is 0 Å². The second-order valence-electron chi connectivity index (χ2n) is 5.41. The molecule has 8 nitrogen and oxygen atoms in total. The van der Waals surface area contributed by atoms with Crippen LogP contribution < -0.4 is 11.1 Å². The molecule has 0 aliphatic carbocycles. The molecular weight excluding hydrogens is 300 g/mol. The Morgan fingerprint density at radius 2 is 1.39 bits per heavy atom. The summed E-state index contributed by atoms with van der Waals surface area (Å²) in [6.07, 6.45) is 0. The maximum Gasteiger partial charge on any atom is 0.268 e. The summed E-state index contributed by atoms with van der Waals surface area (Å²) < 4.78 is 0. The van der Waals surface area contributed by atoms with Gasteiger partial charge in [0, 0.05) is 23.0 Å². The summed E-state index contributed by atoms with van der Waals surface area (Å²) >= 11 is 0. The lowest BCUT2D eigenvalue weighted by Crippen LogP contribution is -2.20. The average molecular weight is 316 g/mol. The Bertz CT molecular complexity index is 922. The van der Waals surface area contributed by atoms with Crippen molar-refractivity contribution in [3.8, 4) is 11.5 Å². The van der Waals surface area contributed by atoms with E-state index in [4.69, 9.17) is 0 Å². The van der Waals surface area contributed by atoms with E-state index < -0.39 is 5.92 Å². The third-order valence-electron chi connectivity index (χ3n) is 3.93. The molecule has 6 N–H and O–H groups in total. The van der Waals surface area contributed by atoms with Gasteiger partial charge in [-0.05, 0) is 19.9 Å². The van der Waals surface area contributed by atoms with Crippen molar-refractivity contribution >= 4 is 0 Å². The minimum atomic E-state index is -0.777. The van der Waals surface area contributed by atoms with Crippen molar-refractivity contribution in [2.45, 2.75) is 19.8 Å². The van der Waals surface area contributed by atoms with Gasteiger partial charge in [-0.1, -0.05) is 6.07 Å². The molecule has 0 amide bonds. The molecule has 0 unspecified atom stereocenters. The Labute approximate surface area is 129 Å². The summed E-state index contributed by atoms with van der Waals surface area (Å²) in [7, 11) is 0. The second-order valence-corrected chi connectivity index (χ2v) is 5.41. The predicted molar refractivity (Wildman–Crippen MR) is 83.0 cm³/mol. The number of hydrogen-bond acceptors (Lipinski definition) is 4. The van der Waals surface area contributed by atoms with Crippen LogP contribution in [0.3, 0.4) is 0 Å². The van der Waals surface area contributed by atoms with Crippen LogP contribution in [-0.4, -0.2) is 30.6 Å². The van der Waals surface area contributed by atoms with Gasteiger partial charge in [-0.15, -0.1) is 0 Å².